The fraction of sp³-hybridized carbons (Fsp3) is 0.125. The van der Waals surface area contributed by atoms with Crippen molar-refractivity contribution in [3.63, 3.8) is 0 Å². The van der Waals surface area contributed by atoms with E-state index in [1.165, 1.54) is 11.8 Å². The Morgan fingerprint density at radius 2 is 1.83 bits per heavy atom. The van der Waals surface area contributed by atoms with Crippen LogP contribution in [0.15, 0.2) is 53.9 Å². The molecule has 0 amide bonds. The zero-order valence-electron chi connectivity index (χ0n) is 12.2. The third-order valence-corrected chi connectivity index (χ3v) is 4.31. The lowest BCUT2D eigenvalue weighted by Gasteiger charge is -2.11. The van der Waals surface area contributed by atoms with Crippen LogP contribution in [-0.2, 0) is 0 Å². The quantitative estimate of drug-likeness (QED) is 0.671. The minimum atomic E-state index is -0.226. The van der Waals surface area contributed by atoms with Gasteiger partial charge in [-0.3, -0.25) is 9.55 Å². The maximum absolute atomic E-state index is 9.06. The van der Waals surface area contributed by atoms with Crippen molar-refractivity contribution >= 4 is 23.4 Å². The standard InChI is InChI=1S/C16H12ClN5S/c1-11(10-18)23-16-21-20-15(12-6-8-19-9-7-12)22(16)14-4-2-13(17)3-5-14/h2-9,11H,1H3. The normalized spacial score (nSPS) is 11.9. The number of rotatable bonds is 4. The summed E-state index contributed by atoms with van der Waals surface area (Å²) in [5.41, 5.74) is 1.79. The van der Waals surface area contributed by atoms with Crippen molar-refractivity contribution in [2.45, 2.75) is 17.3 Å². The van der Waals surface area contributed by atoms with E-state index < -0.39 is 0 Å². The molecule has 0 aliphatic rings. The summed E-state index contributed by atoms with van der Waals surface area (Å²) >= 11 is 7.34. The smallest absolute Gasteiger partial charge is 0.197 e. The number of benzene rings is 1. The van der Waals surface area contributed by atoms with Crippen molar-refractivity contribution in [1.29, 1.82) is 5.26 Å². The van der Waals surface area contributed by atoms with Crippen LogP contribution in [0.3, 0.4) is 0 Å². The number of pyridine rings is 1. The molecular formula is C16H12ClN5S. The Morgan fingerprint density at radius 3 is 2.48 bits per heavy atom. The Morgan fingerprint density at radius 1 is 1.13 bits per heavy atom. The first-order valence-electron chi connectivity index (χ1n) is 6.87. The Hall–Kier alpha value is -2.36. The molecule has 3 aromatic rings. The van der Waals surface area contributed by atoms with Crippen LogP contribution in [0.5, 0.6) is 0 Å². The summed E-state index contributed by atoms with van der Waals surface area (Å²) in [6.07, 6.45) is 3.42. The van der Waals surface area contributed by atoms with Gasteiger partial charge in [0.2, 0.25) is 0 Å². The van der Waals surface area contributed by atoms with Crippen molar-refractivity contribution in [2.24, 2.45) is 0 Å². The van der Waals surface area contributed by atoms with Crippen LogP contribution in [0.2, 0.25) is 5.02 Å². The number of aromatic nitrogens is 4. The Kier molecular flexibility index (Phi) is 4.60. The van der Waals surface area contributed by atoms with Crippen LogP contribution < -0.4 is 0 Å². The summed E-state index contributed by atoms with van der Waals surface area (Å²) in [5, 5.41) is 18.7. The number of halogens is 1. The Labute approximate surface area is 143 Å². The van der Waals surface area contributed by atoms with Crippen molar-refractivity contribution in [2.75, 3.05) is 0 Å². The van der Waals surface area contributed by atoms with Gasteiger partial charge in [-0.05, 0) is 43.3 Å². The Balaban J connectivity index is 2.14. The van der Waals surface area contributed by atoms with Gasteiger partial charge < -0.3 is 0 Å². The first-order chi connectivity index (χ1) is 11.2. The average Bonchev–Trinajstić information content (AvgIpc) is 3.00. The van der Waals surface area contributed by atoms with Gasteiger partial charge in [-0.2, -0.15) is 5.26 Å². The lowest BCUT2D eigenvalue weighted by atomic mass is 10.2. The number of nitrogens with zero attached hydrogens (tertiary/aromatic N) is 5. The average molecular weight is 342 g/mol. The van der Waals surface area contributed by atoms with E-state index in [2.05, 4.69) is 21.3 Å². The van der Waals surface area contributed by atoms with E-state index in [4.69, 9.17) is 16.9 Å². The van der Waals surface area contributed by atoms with E-state index in [-0.39, 0.29) is 5.25 Å². The predicted octanol–water partition coefficient (Wildman–Crippen LogP) is 3.99. The third-order valence-electron chi connectivity index (χ3n) is 3.12. The molecule has 0 bridgehead atoms. The third kappa shape index (κ3) is 3.36. The number of nitriles is 1. The highest BCUT2D eigenvalue weighted by molar-refractivity contribution is 8.00. The summed E-state index contributed by atoms with van der Waals surface area (Å²) < 4.78 is 1.92. The second kappa shape index (κ2) is 6.82. The van der Waals surface area contributed by atoms with Gasteiger partial charge >= 0.3 is 0 Å². The first kappa shape index (κ1) is 15.5. The summed E-state index contributed by atoms with van der Waals surface area (Å²) in [6.45, 7) is 1.83. The maximum atomic E-state index is 9.06. The molecule has 114 valence electrons. The van der Waals surface area contributed by atoms with E-state index >= 15 is 0 Å². The SMILES string of the molecule is CC(C#N)Sc1nnc(-c2ccncc2)n1-c1ccc(Cl)cc1. The molecule has 0 fully saturated rings. The van der Waals surface area contributed by atoms with Gasteiger partial charge in [-0.25, -0.2) is 0 Å². The summed E-state index contributed by atoms with van der Waals surface area (Å²) in [6, 6.07) is 13.4. The maximum Gasteiger partial charge on any atom is 0.197 e. The summed E-state index contributed by atoms with van der Waals surface area (Å²) in [7, 11) is 0. The van der Waals surface area contributed by atoms with Crippen molar-refractivity contribution in [3.05, 3.63) is 53.8 Å². The molecule has 0 aliphatic heterocycles. The number of thioether (sulfide) groups is 1. The lowest BCUT2D eigenvalue weighted by molar-refractivity contribution is 0.883. The molecular weight excluding hydrogens is 330 g/mol. The molecule has 0 saturated carbocycles. The zero-order valence-corrected chi connectivity index (χ0v) is 13.8. The fourth-order valence-electron chi connectivity index (χ4n) is 2.04. The number of hydrogen-bond acceptors (Lipinski definition) is 5. The second-order valence-corrected chi connectivity index (χ2v) is 6.49. The Bertz CT molecular complexity index is 839. The molecule has 2 heterocycles. The molecule has 1 atom stereocenters. The van der Waals surface area contributed by atoms with Gasteiger partial charge in [0, 0.05) is 28.7 Å². The molecule has 3 rings (SSSR count). The van der Waals surface area contributed by atoms with Gasteiger partial charge in [-0.1, -0.05) is 23.4 Å². The van der Waals surface area contributed by atoms with Gasteiger partial charge in [0.25, 0.3) is 0 Å². The number of hydrogen-bond donors (Lipinski definition) is 0. The molecule has 1 unspecified atom stereocenters. The van der Waals surface area contributed by atoms with Gasteiger partial charge in [0.05, 0.1) is 11.3 Å². The molecule has 0 radical (unpaired) electrons. The van der Waals surface area contributed by atoms with Crippen LogP contribution in [0.25, 0.3) is 17.1 Å². The topological polar surface area (TPSA) is 67.4 Å². The molecule has 2 aromatic heterocycles. The largest absolute Gasteiger partial charge is 0.270 e. The highest BCUT2D eigenvalue weighted by atomic mass is 35.5. The fourth-order valence-corrected chi connectivity index (χ4v) is 2.92. The molecule has 7 heteroatoms. The highest BCUT2D eigenvalue weighted by Gasteiger charge is 2.18. The van der Waals surface area contributed by atoms with Crippen LogP contribution in [0, 0.1) is 11.3 Å². The first-order valence-corrected chi connectivity index (χ1v) is 8.13. The molecule has 0 spiro atoms. The van der Waals surface area contributed by atoms with Crippen LogP contribution in [0.4, 0.5) is 0 Å². The van der Waals surface area contributed by atoms with E-state index in [1.807, 2.05) is 47.9 Å². The molecule has 0 N–H and O–H groups in total. The van der Waals surface area contributed by atoms with Crippen molar-refractivity contribution in [1.82, 2.24) is 19.7 Å². The van der Waals surface area contributed by atoms with Gasteiger partial charge in [0.1, 0.15) is 0 Å². The monoisotopic (exact) mass is 341 g/mol. The minimum absolute atomic E-state index is 0.226. The zero-order chi connectivity index (χ0) is 16.2. The van der Waals surface area contributed by atoms with Crippen molar-refractivity contribution in [3.8, 4) is 23.1 Å². The molecule has 23 heavy (non-hydrogen) atoms. The van der Waals surface area contributed by atoms with Crippen LogP contribution in [-0.4, -0.2) is 25.0 Å². The minimum Gasteiger partial charge on any atom is -0.270 e. The molecule has 1 aromatic carbocycles. The summed E-state index contributed by atoms with van der Waals surface area (Å²) in [4.78, 5) is 4.03. The van der Waals surface area contributed by atoms with Gasteiger partial charge in [0.15, 0.2) is 11.0 Å². The van der Waals surface area contributed by atoms with E-state index in [0.717, 1.165) is 11.3 Å². The van der Waals surface area contributed by atoms with Gasteiger partial charge in [-0.15, -0.1) is 10.2 Å². The van der Waals surface area contributed by atoms with E-state index in [1.54, 1.807) is 12.4 Å². The van der Waals surface area contributed by atoms with Crippen LogP contribution in [0.1, 0.15) is 6.92 Å². The van der Waals surface area contributed by atoms with E-state index in [0.29, 0.717) is 16.0 Å². The lowest BCUT2D eigenvalue weighted by Crippen LogP contribution is -2.01. The van der Waals surface area contributed by atoms with E-state index in [9.17, 15) is 0 Å². The predicted molar refractivity (Wildman–Crippen MR) is 90.5 cm³/mol. The van der Waals surface area contributed by atoms with Crippen molar-refractivity contribution < 1.29 is 0 Å². The van der Waals surface area contributed by atoms with Crippen LogP contribution >= 0.6 is 23.4 Å². The molecule has 0 saturated heterocycles. The molecule has 0 aliphatic carbocycles. The second-order valence-electron chi connectivity index (χ2n) is 4.74. The summed E-state index contributed by atoms with van der Waals surface area (Å²) in [5.74, 6) is 0.697. The highest BCUT2D eigenvalue weighted by Crippen LogP contribution is 2.30. The molecule has 5 nitrogen and oxygen atoms in total.